The maximum absolute atomic E-state index is 13.2. The number of likely N-dealkylation sites (tertiary alicyclic amines) is 1. The topological polar surface area (TPSA) is 114 Å². The summed E-state index contributed by atoms with van der Waals surface area (Å²) in [5, 5.41) is 12.8. The number of nitriles is 1. The number of rotatable bonds is 8. The Kier molecular flexibility index (Phi) is 9.25. The van der Waals surface area contributed by atoms with Gasteiger partial charge in [0.25, 0.3) is 5.56 Å². The van der Waals surface area contributed by atoms with Crippen LogP contribution in [0.4, 0.5) is 5.69 Å². The van der Waals surface area contributed by atoms with Gasteiger partial charge in [-0.15, -0.1) is 0 Å². The number of nitrogens with one attached hydrogen (secondary N) is 1. The summed E-state index contributed by atoms with van der Waals surface area (Å²) in [5.41, 5.74) is 1.65. The van der Waals surface area contributed by atoms with E-state index in [9.17, 15) is 19.6 Å². The van der Waals surface area contributed by atoms with E-state index in [0.29, 0.717) is 45.1 Å². The summed E-state index contributed by atoms with van der Waals surface area (Å²) in [6.07, 6.45) is 3.31. The second-order valence-corrected chi connectivity index (χ2v) is 10.1. The minimum Gasteiger partial charge on any atom is -0.495 e. The highest BCUT2D eigenvalue weighted by Crippen LogP contribution is 2.33. The van der Waals surface area contributed by atoms with E-state index in [2.05, 4.69) is 16.3 Å². The second kappa shape index (κ2) is 12.8. The highest BCUT2D eigenvalue weighted by atomic mass is 35.5. The van der Waals surface area contributed by atoms with Gasteiger partial charge in [0.05, 0.1) is 30.5 Å². The maximum atomic E-state index is 13.2. The molecule has 1 aliphatic heterocycles. The Balaban J connectivity index is 1.51. The molecular weight excluding hydrogens is 532 g/mol. The van der Waals surface area contributed by atoms with Crippen LogP contribution in [0.3, 0.4) is 0 Å². The number of carbonyl (C=O) groups is 2. The smallest absolute Gasteiger partial charge is 0.338 e. The molecule has 1 aliphatic rings. The quantitative estimate of drug-likeness (QED) is 0.389. The minimum absolute atomic E-state index is 0.0968. The largest absolute Gasteiger partial charge is 0.495 e. The lowest BCUT2D eigenvalue weighted by atomic mass is 10.00. The number of piperidine rings is 1. The molecule has 3 aromatic rings. The molecule has 208 valence electrons. The van der Waals surface area contributed by atoms with Crippen LogP contribution in [-0.4, -0.2) is 54.7 Å². The van der Waals surface area contributed by atoms with Gasteiger partial charge in [-0.25, -0.2) is 4.79 Å². The lowest BCUT2D eigenvalue weighted by Crippen LogP contribution is -2.35. The van der Waals surface area contributed by atoms with Gasteiger partial charge in [0.2, 0.25) is 5.91 Å². The number of esters is 1. The van der Waals surface area contributed by atoms with Crippen molar-refractivity contribution in [2.75, 3.05) is 32.6 Å². The summed E-state index contributed by atoms with van der Waals surface area (Å²) in [4.78, 5) is 41.2. The number of anilines is 1. The van der Waals surface area contributed by atoms with Crippen LogP contribution in [-0.2, 0) is 9.53 Å². The second-order valence-electron chi connectivity index (χ2n) is 9.70. The average molecular weight is 563 g/mol. The molecule has 1 amide bonds. The SMILES string of the molecule is CCC(C(=O)Nc1ccc(C(=O)OC2CCN(C)CC2)cc1)n1cc(OC)c(-c2cc(Cl)ccc2C#N)cc1=O. The van der Waals surface area contributed by atoms with E-state index in [1.54, 1.807) is 49.4 Å². The molecule has 10 heteroatoms. The molecule has 9 nitrogen and oxygen atoms in total. The van der Waals surface area contributed by atoms with Crippen molar-refractivity contribution in [1.29, 1.82) is 5.26 Å². The normalized spacial score (nSPS) is 14.7. The van der Waals surface area contributed by atoms with Crippen molar-refractivity contribution in [2.24, 2.45) is 0 Å². The van der Waals surface area contributed by atoms with Crippen molar-refractivity contribution in [3.63, 3.8) is 0 Å². The number of ether oxygens (including phenoxy) is 2. The van der Waals surface area contributed by atoms with Crippen LogP contribution in [0.15, 0.2) is 59.5 Å². The van der Waals surface area contributed by atoms with Crippen LogP contribution >= 0.6 is 11.6 Å². The van der Waals surface area contributed by atoms with Gasteiger partial charge in [-0.05, 0) is 68.8 Å². The first-order valence-corrected chi connectivity index (χ1v) is 13.4. The van der Waals surface area contributed by atoms with E-state index < -0.39 is 23.5 Å². The van der Waals surface area contributed by atoms with Crippen molar-refractivity contribution in [2.45, 2.75) is 38.3 Å². The van der Waals surface area contributed by atoms with E-state index >= 15 is 0 Å². The third kappa shape index (κ3) is 6.53. The Labute approximate surface area is 237 Å². The number of nitrogens with zero attached hydrogens (tertiary/aromatic N) is 3. The third-order valence-electron chi connectivity index (χ3n) is 7.01. The zero-order valence-electron chi connectivity index (χ0n) is 22.6. The number of halogens is 1. The summed E-state index contributed by atoms with van der Waals surface area (Å²) in [7, 11) is 3.49. The molecule has 0 aliphatic carbocycles. The van der Waals surface area contributed by atoms with E-state index in [1.807, 2.05) is 7.05 Å². The predicted molar refractivity (Wildman–Crippen MR) is 153 cm³/mol. The molecule has 40 heavy (non-hydrogen) atoms. The summed E-state index contributed by atoms with van der Waals surface area (Å²) < 4.78 is 12.5. The first-order chi connectivity index (χ1) is 19.2. The molecule has 1 unspecified atom stereocenters. The Bertz CT molecular complexity index is 1490. The summed E-state index contributed by atoms with van der Waals surface area (Å²) in [5.74, 6) is -0.476. The molecule has 0 radical (unpaired) electrons. The highest BCUT2D eigenvalue weighted by Gasteiger charge is 2.24. The van der Waals surface area contributed by atoms with E-state index in [4.69, 9.17) is 21.1 Å². The van der Waals surface area contributed by atoms with E-state index in [-0.39, 0.29) is 6.10 Å². The number of benzene rings is 2. The molecule has 2 heterocycles. The van der Waals surface area contributed by atoms with Crippen molar-refractivity contribution < 1.29 is 19.1 Å². The molecule has 1 fully saturated rings. The van der Waals surface area contributed by atoms with Gasteiger partial charge < -0.3 is 19.7 Å². The highest BCUT2D eigenvalue weighted by molar-refractivity contribution is 6.31. The first-order valence-electron chi connectivity index (χ1n) is 13.0. The van der Waals surface area contributed by atoms with Crippen LogP contribution < -0.4 is 15.6 Å². The summed E-state index contributed by atoms with van der Waals surface area (Å²) in [6, 6.07) is 13.8. The maximum Gasteiger partial charge on any atom is 0.338 e. The molecule has 2 aromatic carbocycles. The molecule has 1 aromatic heterocycles. The van der Waals surface area contributed by atoms with Crippen LogP contribution in [0, 0.1) is 11.3 Å². The van der Waals surface area contributed by atoms with Gasteiger partial charge in [0.15, 0.2) is 0 Å². The van der Waals surface area contributed by atoms with Crippen molar-refractivity contribution in [3.05, 3.63) is 81.2 Å². The number of amides is 1. The average Bonchev–Trinajstić information content (AvgIpc) is 2.95. The van der Waals surface area contributed by atoms with Crippen LogP contribution in [0.1, 0.15) is 48.1 Å². The third-order valence-corrected chi connectivity index (χ3v) is 7.24. The van der Waals surface area contributed by atoms with Gasteiger partial charge in [0, 0.05) is 41.0 Å². The molecule has 1 saturated heterocycles. The standard InChI is InChI=1S/C30H31ClN4O5/c1-4-26(35-18-27(39-3)25(16-28(35)36)24-15-21(31)8-5-20(24)17-32)29(37)33-22-9-6-19(7-10-22)30(38)40-23-11-13-34(2)14-12-23/h5-10,15-16,18,23,26H,4,11-14H2,1-3H3,(H,33,37). The number of aromatic nitrogens is 1. The molecule has 0 bridgehead atoms. The van der Waals surface area contributed by atoms with Gasteiger partial charge >= 0.3 is 5.97 Å². The van der Waals surface area contributed by atoms with Crippen molar-refractivity contribution in [3.8, 4) is 22.9 Å². The molecule has 4 rings (SSSR count). The number of methoxy groups -OCH3 is 1. The van der Waals surface area contributed by atoms with Gasteiger partial charge in [0.1, 0.15) is 17.9 Å². The van der Waals surface area contributed by atoms with E-state index in [1.165, 1.54) is 23.9 Å². The van der Waals surface area contributed by atoms with E-state index in [0.717, 1.165) is 25.9 Å². The Morgan fingerprint density at radius 2 is 1.82 bits per heavy atom. The molecule has 1 N–H and O–H groups in total. The van der Waals surface area contributed by atoms with Crippen molar-refractivity contribution in [1.82, 2.24) is 9.47 Å². The molecule has 1 atom stereocenters. The van der Waals surface area contributed by atoms with Crippen LogP contribution in [0.5, 0.6) is 5.75 Å². The molecular formula is C30H31ClN4O5. The number of hydrogen-bond donors (Lipinski definition) is 1. The molecule has 0 spiro atoms. The van der Waals surface area contributed by atoms with Crippen LogP contribution in [0.2, 0.25) is 5.02 Å². The first kappa shape index (κ1) is 28.9. The Hall–Kier alpha value is -4.13. The Morgan fingerprint density at radius 3 is 2.45 bits per heavy atom. The van der Waals surface area contributed by atoms with Crippen molar-refractivity contribution >= 4 is 29.2 Å². The fourth-order valence-electron chi connectivity index (χ4n) is 4.73. The lowest BCUT2D eigenvalue weighted by molar-refractivity contribution is -0.119. The number of carbonyl (C=O) groups excluding carboxylic acids is 2. The predicted octanol–water partition coefficient (Wildman–Crippen LogP) is 4.89. The number of pyridine rings is 1. The van der Waals surface area contributed by atoms with Gasteiger partial charge in [-0.1, -0.05) is 18.5 Å². The van der Waals surface area contributed by atoms with Gasteiger partial charge in [-0.3, -0.25) is 14.2 Å². The summed E-state index contributed by atoms with van der Waals surface area (Å²) >= 11 is 6.14. The zero-order chi connectivity index (χ0) is 28.8. The lowest BCUT2D eigenvalue weighted by Gasteiger charge is -2.28. The monoisotopic (exact) mass is 562 g/mol. The number of hydrogen-bond acceptors (Lipinski definition) is 7. The van der Waals surface area contributed by atoms with Gasteiger partial charge in [-0.2, -0.15) is 5.26 Å². The zero-order valence-corrected chi connectivity index (χ0v) is 23.4. The van der Waals surface area contributed by atoms with Crippen LogP contribution in [0.25, 0.3) is 11.1 Å². The minimum atomic E-state index is -0.834. The summed E-state index contributed by atoms with van der Waals surface area (Å²) in [6.45, 7) is 3.57. The fourth-order valence-corrected chi connectivity index (χ4v) is 4.90. The molecule has 0 saturated carbocycles. The fraction of sp³-hybridized carbons (Fsp3) is 0.333. The Morgan fingerprint density at radius 1 is 1.12 bits per heavy atom.